The molecule has 0 N–H and O–H groups in total. The molecule has 0 atom stereocenters. The van der Waals surface area contributed by atoms with Crippen LogP contribution >= 0.6 is 31.7 Å². The molecule has 10 aromatic carbocycles. The second kappa shape index (κ2) is 23.7. The predicted molar refractivity (Wildman–Crippen MR) is 293 cm³/mol. The minimum absolute atomic E-state index is 0. The van der Waals surface area contributed by atoms with E-state index in [1.807, 2.05) is 0 Å². The van der Waals surface area contributed by atoms with E-state index in [0.29, 0.717) is 0 Å². The maximum Gasteiger partial charge on any atom is 0.144 e. The Balaban J connectivity index is 0.000000175. The summed E-state index contributed by atoms with van der Waals surface area (Å²) in [6, 6.07) is 107. The van der Waals surface area contributed by atoms with Gasteiger partial charge < -0.3 is 0 Å². The Hall–Kier alpha value is -5.34. The van der Waals surface area contributed by atoms with Gasteiger partial charge in [-0.15, -0.1) is 0 Å². The van der Waals surface area contributed by atoms with Crippen LogP contribution in [-0.4, -0.2) is 0 Å². The van der Waals surface area contributed by atoms with E-state index in [1.54, 1.807) is 0 Å². The summed E-state index contributed by atoms with van der Waals surface area (Å²) < 4.78 is 0. The first-order chi connectivity index (χ1) is 31.8. The summed E-state index contributed by atoms with van der Waals surface area (Å²) in [4.78, 5) is 0. The van der Waals surface area contributed by atoms with Gasteiger partial charge in [0.15, 0.2) is 0 Å². The van der Waals surface area contributed by atoms with Crippen LogP contribution in [0.2, 0.25) is 0 Å². The van der Waals surface area contributed by atoms with Gasteiger partial charge in [-0.1, -0.05) is 170 Å². The molecular formula is C60H52AuP4+4. The molecule has 10 aromatic rings. The smallest absolute Gasteiger partial charge is 0.0620 e. The van der Waals surface area contributed by atoms with Gasteiger partial charge in [-0.25, -0.2) is 0 Å². The molecule has 0 aliphatic heterocycles. The molecule has 5 heteroatoms. The summed E-state index contributed by atoms with van der Waals surface area (Å²) in [5, 5.41) is 17.4. The molecule has 0 aliphatic carbocycles. The van der Waals surface area contributed by atoms with Crippen molar-refractivity contribution in [2.24, 2.45) is 0 Å². The summed E-state index contributed by atoms with van der Waals surface area (Å²) >= 11 is 0. The van der Waals surface area contributed by atoms with E-state index in [-0.39, 0.29) is 22.4 Å². The number of rotatable bonds is 12. The van der Waals surface area contributed by atoms with Gasteiger partial charge in [0, 0.05) is 22.4 Å². The molecule has 0 aliphatic rings. The molecule has 0 bridgehead atoms. The molecule has 0 nitrogen and oxygen atoms in total. The van der Waals surface area contributed by atoms with Gasteiger partial charge in [-0.3, -0.25) is 0 Å². The van der Waals surface area contributed by atoms with Crippen molar-refractivity contribution in [1.29, 1.82) is 0 Å². The van der Waals surface area contributed by atoms with Crippen LogP contribution in [-0.2, 0) is 22.4 Å². The summed E-state index contributed by atoms with van der Waals surface area (Å²) in [5.74, 6) is 0. The summed E-state index contributed by atoms with van der Waals surface area (Å²) in [6.07, 6.45) is 0. The molecule has 0 unspecified atom stereocenters. The molecule has 65 heavy (non-hydrogen) atoms. The quantitative estimate of drug-likeness (QED) is 0.0847. The van der Waals surface area contributed by atoms with Gasteiger partial charge in [0.25, 0.3) is 0 Å². The first kappa shape index (κ1) is 46.2. The van der Waals surface area contributed by atoms with Crippen molar-refractivity contribution in [1.82, 2.24) is 0 Å². The molecule has 319 valence electrons. The molecular weight excluding hydrogens is 1040 g/mol. The van der Waals surface area contributed by atoms with Crippen molar-refractivity contribution < 1.29 is 22.4 Å². The van der Waals surface area contributed by atoms with E-state index in [0.717, 1.165) is 0 Å². The molecule has 0 amide bonds. The van der Waals surface area contributed by atoms with Crippen LogP contribution in [0, 0.1) is 0 Å². The third-order valence-corrected chi connectivity index (χ3v) is 23.1. The maximum absolute atomic E-state index is 2.38. The van der Waals surface area contributed by atoms with Crippen LogP contribution < -0.4 is 63.7 Å². The zero-order valence-electron chi connectivity index (χ0n) is 36.0. The van der Waals surface area contributed by atoms with Crippen LogP contribution in [0.25, 0.3) is 0 Å². The predicted octanol–water partition coefficient (Wildman–Crippen LogP) is 9.33. The standard InChI is InChI=1S/2C30H24P2.Au/c2*1-5-15-25(16-6-1)31(26-17-7-2-8-18-26)29-23-13-14-24-30(29)32(27-19-9-3-10-20-27)28-21-11-4-12-22-28;/h2*1-24H;/p+4. The van der Waals surface area contributed by atoms with E-state index in [2.05, 4.69) is 291 Å². The van der Waals surface area contributed by atoms with E-state index in [1.165, 1.54) is 63.7 Å². The Morgan fingerprint density at radius 2 is 0.246 bits per heavy atom. The first-order valence-electron chi connectivity index (χ1n) is 21.9. The van der Waals surface area contributed by atoms with E-state index in [9.17, 15) is 0 Å². The molecule has 1 radical (unpaired) electrons. The minimum atomic E-state index is -1.14. The largest absolute Gasteiger partial charge is 0.144 e. The van der Waals surface area contributed by atoms with Crippen molar-refractivity contribution in [2.75, 3.05) is 0 Å². The van der Waals surface area contributed by atoms with Crippen LogP contribution in [0.3, 0.4) is 0 Å². The zero-order chi connectivity index (χ0) is 43.2. The van der Waals surface area contributed by atoms with Crippen molar-refractivity contribution >= 4 is 95.3 Å². The summed E-state index contributed by atoms with van der Waals surface area (Å²) in [6.45, 7) is 0. The van der Waals surface area contributed by atoms with Gasteiger partial charge in [0.05, 0.1) is 0 Å². The van der Waals surface area contributed by atoms with Gasteiger partial charge in [-0.2, -0.15) is 0 Å². The number of hydrogen-bond acceptors (Lipinski definition) is 0. The van der Waals surface area contributed by atoms with Crippen molar-refractivity contribution in [3.63, 3.8) is 0 Å². The van der Waals surface area contributed by atoms with Crippen molar-refractivity contribution in [3.8, 4) is 0 Å². The Bertz CT molecular complexity index is 2360. The van der Waals surface area contributed by atoms with Gasteiger partial charge >= 0.3 is 0 Å². The molecule has 0 heterocycles. The van der Waals surface area contributed by atoms with E-state index < -0.39 is 31.7 Å². The Morgan fingerprint density at radius 3 is 0.369 bits per heavy atom. The average molecular weight is 1090 g/mol. The monoisotopic (exact) mass is 1090 g/mol. The average Bonchev–Trinajstić information content (AvgIpc) is 3.38. The van der Waals surface area contributed by atoms with Crippen molar-refractivity contribution in [2.45, 2.75) is 0 Å². The summed E-state index contributed by atoms with van der Waals surface area (Å²) in [7, 11) is -4.56. The molecule has 10 rings (SSSR count). The third kappa shape index (κ3) is 11.4. The molecule has 0 saturated heterocycles. The molecule has 0 aromatic heterocycles. The third-order valence-electron chi connectivity index (χ3n) is 11.4. The van der Waals surface area contributed by atoms with Crippen LogP contribution in [0.4, 0.5) is 0 Å². The molecule has 0 saturated carbocycles. The van der Waals surface area contributed by atoms with Crippen LogP contribution in [0.5, 0.6) is 0 Å². The Kier molecular flexibility index (Phi) is 16.9. The van der Waals surface area contributed by atoms with Gasteiger partial charge in [0.1, 0.15) is 95.3 Å². The topological polar surface area (TPSA) is 0 Å². The van der Waals surface area contributed by atoms with Gasteiger partial charge in [-0.05, 0) is 121 Å². The fourth-order valence-corrected chi connectivity index (χ4v) is 20.6. The zero-order valence-corrected chi connectivity index (χ0v) is 42.2. The number of benzene rings is 10. The molecule has 0 fully saturated rings. The minimum Gasteiger partial charge on any atom is -0.0620 e. The maximum atomic E-state index is 2.38. The van der Waals surface area contributed by atoms with E-state index in [4.69, 9.17) is 0 Å². The number of hydrogen-bond donors (Lipinski definition) is 0. The fourth-order valence-electron chi connectivity index (χ4n) is 8.59. The van der Waals surface area contributed by atoms with Crippen LogP contribution in [0.1, 0.15) is 0 Å². The van der Waals surface area contributed by atoms with Gasteiger partial charge in [0.2, 0.25) is 0 Å². The fraction of sp³-hybridized carbons (Fsp3) is 0. The van der Waals surface area contributed by atoms with E-state index >= 15 is 0 Å². The Morgan fingerprint density at radius 1 is 0.138 bits per heavy atom. The normalized spacial score (nSPS) is 10.9. The molecule has 0 spiro atoms. The second-order valence-electron chi connectivity index (χ2n) is 15.5. The van der Waals surface area contributed by atoms with Crippen molar-refractivity contribution in [3.05, 3.63) is 291 Å². The van der Waals surface area contributed by atoms with Crippen LogP contribution in [0.15, 0.2) is 291 Å². The second-order valence-corrected chi connectivity index (χ2v) is 25.3. The summed E-state index contributed by atoms with van der Waals surface area (Å²) in [5.41, 5.74) is 0. The SMILES string of the molecule is [Au].c1ccc([PH+](c2ccccc2)c2ccccc2[PH+](c2ccccc2)c2ccccc2)cc1.c1ccc([PH+](c2ccccc2)c2ccccc2[PH+](c2ccccc2)c2ccccc2)cc1. The first-order valence-corrected chi connectivity index (χ1v) is 27.9. The Labute approximate surface area is 406 Å².